The monoisotopic (exact) mass is 427 g/mol. The van der Waals surface area contributed by atoms with Crippen molar-refractivity contribution in [2.24, 2.45) is 23.2 Å². The number of piperidine rings is 2. The van der Waals surface area contributed by atoms with Crippen LogP contribution in [0.25, 0.3) is 0 Å². The molecule has 0 aliphatic carbocycles. The summed E-state index contributed by atoms with van der Waals surface area (Å²) in [5.41, 5.74) is 0.728. The van der Waals surface area contributed by atoms with Gasteiger partial charge in [-0.2, -0.15) is 0 Å². The van der Waals surface area contributed by atoms with E-state index in [4.69, 9.17) is 0 Å². The average molecular weight is 428 g/mol. The van der Waals surface area contributed by atoms with Crippen molar-refractivity contribution in [1.29, 1.82) is 0 Å². The van der Waals surface area contributed by atoms with Gasteiger partial charge in [-0.1, -0.05) is 46.8 Å². The van der Waals surface area contributed by atoms with Crippen LogP contribution >= 0.6 is 0 Å². The first-order valence-electron chi connectivity index (χ1n) is 11.5. The van der Waals surface area contributed by atoms with Crippen LogP contribution in [-0.4, -0.2) is 53.7 Å². The zero-order chi connectivity index (χ0) is 22.8. The van der Waals surface area contributed by atoms with Crippen LogP contribution in [0.1, 0.15) is 64.2 Å². The summed E-state index contributed by atoms with van der Waals surface area (Å²) in [6.07, 6.45) is 2.43. The maximum atomic E-state index is 13.2. The number of nitrogens with zero attached hydrogens (tertiary/aromatic N) is 2. The molecule has 2 fully saturated rings. The van der Waals surface area contributed by atoms with Gasteiger partial charge in [0.2, 0.25) is 11.8 Å². The van der Waals surface area contributed by atoms with Gasteiger partial charge in [0, 0.05) is 37.5 Å². The van der Waals surface area contributed by atoms with Gasteiger partial charge in [-0.15, -0.1) is 0 Å². The van der Waals surface area contributed by atoms with Crippen molar-refractivity contribution >= 4 is 23.4 Å². The molecule has 31 heavy (non-hydrogen) atoms. The van der Waals surface area contributed by atoms with Crippen LogP contribution in [0.15, 0.2) is 24.3 Å². The topological polar surface area (TPSA) is 69.7 Å². The number of nitrogens with one attached hydrogen (secondary N) is 1. The Morgan fingerprint density at radius 1 is 0.935 bits per heavy atom. The summed E-state index contributed by atoms with van der Waals surface area (Å²) in [6, 6.07) is 7.29. The number of anilines is 1. The molecule has 0 radical (unpaired) electrons. The minimum Gasteiger partial charge on any atom is -0.342 e. The Bertz CT molecular complexity index is 812. The molecule has 0 aromatic heterocycles. The lowest BCUT2D eigenvalue weighted by Gasteiger charge is -2.36. The van der Waals surface area contributed by atoms with E-state index in [1.165, 1.54) is 0 Å². The maximum Gasteiger partial charge on any atom is 0.255 e. The van der Waals surface area contributed by atoms with Gasteiger partial charge in [0.25, 0.3) is 5.91 Å². The molecule has 1 N–H and O–H groups in total. The minimum atomic E-state index is -0.405. The fourth-order valence-electron chi connectivity index (χ4n) is 4.83. The van der Waals surface area contributed by atoms with E-state index >= 15 is 0 Å². The van der Waals surface area contributed by atoms with Crippen molar-refractivity contribution in [2.75, 3.05) is 31.5 Å². The quantitative estimate of drug-likeness (QED) is 0.792. The molecule has 0 spiro atoms. The standard InChI is InChI=1S/C25H37N3O3/c1-17-14-18(2)16-28(15-17)23(30)20-8-6-7-9-21(20)26-22(29)19-10-12-27(13-11-19)24(31)25(3,4)5/h6-9,17-19H,10-16H2,1-5H3,(H,26,29). The molecule has 2 heterocycles. The number of hydrogen-bond acceptors (Lipinski definition) is 3. The van der Waals surface area contributed by atoms with Gasteiger partial charge >= 0.3 is 0 Å². The second-order valence-electron chi connectivity index (χ2n) is 10.5. The van der Waals surface area contributed by atoms with E-state index in [2.05, 4.69) is 19.2 Å². The summed E-state index contributed by atoms with van der Waals surface area (Å²) in [5.74, 6) is 0.865. The molecule has 3 rings (SSSR count). The lowest BCUT2D eigenvalue weighted by molar-refractivity contribution is -0.142. The largest absolute Gasteiger partial charge is 0.342 e. The molecule has 6 nitrogen and oxygen atoms in total. The third kappa shape index (κ3) is 5.66. The van der Waals surface area contributed by atoms with Crippen LogP contribution in [-0.2, 0) is 9.59 Å². The van der Waals surface area contributed by atoms with Gasteiger partial charge in [0.05, 0.1) is 11.3 Å². The molecule has 0 saturated carbocycles. The van der Waals surface area contributed by atoms with Gasteiger partial charge in [0.1, 0.15) is 0 Å². The third-order valence-electron chi connectivity index (χ3n) is 6.37. The maximum absolute atomic E-state index is 13.2. The van der Waals surface area contributed by atoms with E-state index in [9.17, 15) is 14.4 Å². The lowest BCUT2D eigenvalue weighted by Crippen LogP contribution is -2.46. The van der Waals surface area contributed by atoms with Crippen LogP contribution < -0.4 is 5.32 Å². The van der Waals surface area contributed by atoms with Gasteiger partial charge in [0.15, 0.2) is 0 Å². The number of carbonyl (C=O) groups is 3. The van der Waals surface area contributed by atoms with E-state index in [0.29, 0.717) is 49.0 Å². The van der Waals surface area contributed by atoms with Crippen LogP contribution in [0.3, 0.4) is 0 Å². The number of likely N-dealkylation sites (tertiary alicyclic amines) is 2. The number of carbonyl (C=O) groups excluding carboxylic acids is 3. The zero-order valence-electron chi connectivity index (χ0n) is 19.6. The Morgan fingerprint density at radius 3 is 2.10 bits per heavy atom. The summed E-state index contributed by atoms with van der Waals surface area (Å²) in [5, 5.41) is 3.01. The molecule has 3 amide bonds. The van der Waals surface area contributed by atoms with Crippen LogP contribution in [0.5, 0.6) is 0 Å². The van der Waals surface area contributed by atoms with Crippen molar-refractivity contribution in [3.8, 4) is 0 Å². The Morgan fingerprint density at radius 2 is 1.52 bits per heavy atom. The number of amides is 3. The predicted molar refractivity (Wildman–Crippen MR) is 123 cm³/mol. The molecule has 170 valence electrons. The van der Waals surface area contributed by atoms with Gasteiger partial charge in [-0.25, -0.2) is 0 Å². The molecule has 0 bridgehead atoms. The van der Waals surface area contributed by atoms with Crippen LogP contribution in [0.4, 0.5) is 5.69 Å². The Kier molecular flexibility index (Phi) is 7.07. The highest BCUT2D eigenvalue weighted by Gasteiger charge is 2.33. The van der Waals surface area contributed by atoms with Gasteiger partial charge < -0.3 is 15.1 Å². The normalized spacial score (nSPS) is 22.9. The molecule has 2 aliphatic heterocycles. The summed E-state index contributed by atoms with van der Waals surface area (Å²) >= 11 is 0. The fourth-order valence-corrected chi connectivity index (χ4v) is 4.83. The van der Waals surface area contributed by atoms with Crippen molar-refractivity contribution in [2.45, 2.75) is 53.9 Å². The predicted octanol–water partition coefficient (Wildman–Crippen LogP) is 4.03. The van der Waals surface area contributed by atoms with E-state index in [0.717, 1.165) is 19.5 Å². The minimum absolute atomic E-state index is 0.0140. The molecule has 1 aromatic carbocycles. The number of para-hydroxylation sites is 1. The SMILES string of the molecule is CC1CC(C)CN(C(=O)c2ccccc2NC(=O)C2CCN(C(=O)C(C)(C)C)CC2)C1. The summed E-state index contributed by atoms with van der Waals surface area (Å²) in [6.45, 7) is 12.8. The summed E-state index contributed by atoms with van der Waals surface area (Å²) in [4.78, 5) is 42.4. The van der Waals surface area contributed by atoms with E-state index in [1.807, 2.05) is 42.7 Å². The number of benzene rings is 1. The molecule has 2 aliphatic rings. The number of rotatable bonds is 3. The summed E-state index contributed by atoms with van der Waals surface area (Å²) in [7, 11) is 0. The first kappa shape index (κ1) is 23.3. The van der Waals surface area contributed by atoms with Gasteiger partial charge in [-0.05, 0) is 43.2 Å². The van der Waals surface area contributed by atoms with Gasteiger partial charge in [-0.3, -0.25) is 14.4 Å². The third-order valence-corrected chi connectivity index (χ3v) is 6.37. The Hall–Kier alpha value is -2.37. The van der Waals surface area contributed by atoms with Crippen molar-refractivity contribution in [1.82, 2.24) is 9.80 Å². The second kappa shape index (κ2) is 9.41. The van der Waals surface area contributed by atoms with Crippen LogP contribution in [0, 0.1) is 23.2 Å². The van der Waals surface area contributed by atoms with E-state index in [-0.39, 0.29) is 23.6 Å². The highest BCUT2D eigenvalue weighted by atomic mass is 16.2. The molecule has 2 saturated heterocycles. The Labute approximate surface area is 186 Å². The highest BCUT2D eigenvalue weighted by molar-refractivity contribution is 6.04. The van der Waals surface area contributed by atoms with Crippen molar-refractivity contribution in [3.05, 3.63) is 29.8 Å². The first-order valence-corrected chi connectivity index (χ1v) is 11.5. The molecule has 2 atom stereocenters. The zero-order valence-corrected chi connectivity index (χ0v) is 19.6. The molecule has 1 aromatic rings. The highest BCUT2D eigenvalue weighted by Crippen LogP contribution is 2.27. The Balaban J connectivity index is 1.64. The number of hydrogen-bond donors (Lipinski definition) is 1. The average Bonchev–Trinajstić information content (AvgIpc) is 2.72. The lowest BCUT2D eigenvalue weighted by atomic mass is 9.90. The molecule has 2 unspecified atom stereocenters. The van der Waals surface area contributed by atoms with E-state index in [1.54, 1.807) is 12.1 Å². The second-order valence-corrected chi connectivity index (χ2v) is 10.5. The fraction of sp³-hybridized carbons (Fsp3) is 0.640. The van der Waals surface area contributed by atoms with Crippen molar-refractivity contribution in [3.63, 3.8) is 0 Å². The first-order chi connectivity index (χ1) is 14.6. The van der Waals surface area contributed by atoms with Crippen molar-refractivity contribution < 1.29 is 14.4 Å². The molecular weight excluding hydrogens is 390 g/mol. The van der Waals surface area contributed by atoms with Crippen LogP contribution in [0.2, 0.25) is 0 Å². The summed E-state index contributed by atoms with van der Waals surface area (Å²) < 4.78 is 0. The molecular formula is C25H37N3O3. The van der Waals surface area contributed by atoms with E-state index < -0.39 is 5.41 Å². The molecule has 6 heteroatoms. The smallest absolute Gasteiger partial charge is 0.255 e.